The number of unbranched alkanes of at least 4 members (excludes halogenated alkanes) is 7. The van der Waals surface area contributed by atoms with Crippen molar-refractivity contribution < 1.29 is 19.0 Å². The summed E-state index contributed by atoms with van der Waals surface area (Å²) in [5, 5.41) is 0. The van der Waals surface area contributed by atoms with Crippen LogP contribution in [0.3, 0.4) is 0 Å². The summed E-state index contributed by atoms with van der Waals surface area (Å²) in [7, 11) is 0. The molecule has 0 heterocycles. The van der Waals surface area contributed by atoms with Crippen LogP contribution in [0.15, 0.2) is 85.5 Å². The van der Waals surface area contributed by atoms with Crippen LogP contribution in [0.2, 0.25) is 0 Å². The third-order valence-corrected chi connectivity index (χ3v) is 6.72. The molecular formula is C35H44O4. The van der Waals surface area contributed by atoms with Crippen molar-refractivity contribution in [3.8, 4) is 28.4 Å². The molecule has 0 saturated heterocycles. The molecule has 3 aromatic carbocycles. The topological polar surface area (TPSA) is 44.8 Å². The highest BCUT2D eigenvalue weighted by atomic mass is 16.5. The van der Waals surface area contributed by atoms with Gasteiger partial charge in [0.05, 0.1) is 18.3 Å². The average Bonchev–Trinajstić information content (AvgIpc) is 2.96. The molecule has 0 aliphatic rings. The molecule has 0 aliphatic heterocycles. The maximum absolute atomic E-state index is 12.7. The van der Waals surface area contributed by atoms with Crippen LogP contribution < -0.4 is 14.2 Å². The number of allylic oxidation sites excluding steroid dienone is 1. The number of hydrogen-bond donors (Lipinski definition) is 0. The first-order valence-electron chi connectivity index (χ1n) is 14.5. The lowest BCUT2D eigenvalue weighted by atomic mass is 10.0. The second kappa shape index (κ2) is 17.1. The molecular weight excluding hydrogens is 484 g/mol. The van der Waals surface area contributed by atoms with Gasteiger partial charge in [0.1, 0.15) is 17.2 Å². The fourth-order valence-corrected chi connectivity index (χ4v) is 4.38. The molecule has 0 N–H and O–H groups in total. The van der Waals surface area contributed by atoms with Crippen LogP contribution in [-0.2, 0) is 0 Å². The molecule has 0 saturated carbocycles. The van der Waals surface area contributed by atoms with Gasteiger partial charge in [-0.1, -0.05) is 69.4 Å². The van der Waals surface area contributed by atoms with Gasteiger partial charge in [-0.25, -0.2) is 4.79 Å². The van der Waals surface area contributed by atoms with Crippen LogP contribution in [0, 0.1) is 0 Å². The van der Waals surface area contributed by atoms with Gasteiger partial charge >= 0.3 is 5.97 Å². The van der Waals surface area contributed by atoms with E-state index in [0.717, 1.165) is 48.5 Å². The van der Waals surface area contributed by atoms with Crippen LogP contribution in [0.25, 0.3) is 11.1 Å². The first kappa shape index (κ1) is 30.0. The second-order valence-corrected chi connectivity index (χ2v) is 10.1. The summed E-state index contributed by atoms with van der Waals surface area (Å²) in [5.74, 6) is 1.79. The third kappa shape index (κ3) is 11.0. The molecule has 208 valence electrons. The number of ether oxygens (including phenoxy) is 3. The van der Waals surface area contributed by atoms with Gasteiger partial charge in [-0.05, 0) is 98.7 Å². The minimum Gasteiger partial charge on any atom is -0.494 e. The fourth-order valence-electron chi connectivity index (χ4n) is 4.38. The number of rotatable bonds is 18. The summed E-state index contributed by atoms with van der Waals surface area (Å²) in [4.78, 5) is 12.7. The van der Waals surface area contributed by atoms with E-state index in [-0.39, 0.29) is 12.1 Å². The van der Waals surface area contributed by atoms with Crippen LogP contribution in [-0.4, -0.2) is 18.7 Å². The van der Waals surface area contributed by atoms with Crippen LogP contribution in [0.4, 0.5) is 0 Å². The van der Waals surface area contributed by atoms with Crippen LogP contribution >= 0.6 is 0 Å². The van der Waals surface area contributed by atoms with Crippen LogP contribution in [0.1, 0.15) is 88.4 Å². The minimum atomic E-state index is -0.382. The average molecular weight is 529 g/mol. The molecule has 0 aromatic heterocycles. The lowest BCUT2D eigenvalue weighted by Gasteiger charge is -2.15. The molecule has 39 heavy (non-hydrogen) atoms. The van der Waals surface area contributed by atoms with Gasteiger partial charge < -0.3 is 14.2 Å². The molecule has 0 radical (unpaired) electrons. The summed E-state index contributed by atoms with van der Waals surface area (Å²) in [6, 6.07) is 22.8. The molecule has 0 amide bonds. The van der Waals surface area contributed by atoms with Gasteiger partial charge in [-0.15, -0.1) is 6.58 Å². The molecule has 0 spiro atoms. The van der Waals surface area contributed by atoms with Crippen molar-refractivity contribution in [1.29, 1.82) is 0 Å². The first-order chi connectivity index (χ1) is 19.1. The molecule has 0 fully saturated rings. The maximum atomic E-state index is 12.7. The number of esters is 1. The summed E-state index contributed by atoms with van der Waals surface area (Å²) < 4.78 is 17.4. The Balaban J connectivity index is 1.43. The van der Waals surface area contributed by atoms with E-state index in [1.54, 1.807) is 24.3 Å². The van der Waals surface area contributed by atoms with Crippen molar-refractivity contribution in [3.63, 3.8) is 0 Å². The lowest BCUT2D eigenvalue weighted by Crippen LogP contribution is -2.11. The van der Waals surface area contributed by atoms with E-state index in [1.807, 2.05) is 54.6 Å². The summed E-state index contributed by atoms with van der Waals surface area (Å²) in [6.07, 6.45) is 13.9. The Bertz CT molecular complexity index is 1100. The molecule has 0 bridgehead atoms. The quantitative estimate of drug-likeness (QED) is 0.0713. The molecule has 3 rings (SSSR count). The maximum Gasteiger partial charge on any atom is 0.343 e. The van der Waals surface area contributed by atoms with E-state index in [9.17, 15) is 4.79 Å². The number of carbonyl (C=O) groups is 1. The number of benzene rings is 3. The monoisotopic (exact) mass is 528 g/mol. The van der Waals surface area contributed by atoms with Gasteiger partial charge in [-0.2, -0.15) is 0 Å². The third-order valence-electron chi connectivity index (χ3n) is 6.72. The Morgan fingerprint density at radius 3 is 2.00 bits per heavy atom. The Labute approximate surface area is 235 Å². The SMILES string of the molecule is C=CCCCCCCOc1ccc(-c2ccc(C(=O)Oc3ccc(OC(C)CCCCCC)cc3)cc2)cc1. The summed E-state index contributed by atoms with van der Waals surface area (Å²) in [6.45, 7) is 8.81. The van der Waals surface area contributed by atoms with Gasteiger partial charge in [0.15, 0.2) is 0 Å². The first-order valence-corrected chi connectivity index (χ1v) is 14.5. The molecule has 4 heteroatoms. The Morgan fingerprint density at radius 1 is 0.744 bits per heavy atom. The zero-order chi connectivity index (χ0) is 27.7. The van der Waals surface area contributed by atoms with Crippen LogP contribution in [0.5, 0.6) is 17.2 Å². The molecule has 1 unspecified atom stereocenters. The highest BCUT2D eigenvalue weighted by molar-refractivity contribution is 5.91. The van der Waals surface area contributed by atoms with Crippen molar-refractivity contribution in [2.75, 3.05) is 6.61 Å². The highest BCUT2D eigenvalue weighted by Crippen LogP contribution is 2.25. The van der Waals surface area contributed by atoms with E-state index in [4.69, 9.17) is 14.2 Å². The predicted octanol–water partition coefficient (Wildman–Crippen LogP) is 9.83. The smallest absolute Gasteiger partial charge is 0.343 e. The summed E-state index contributed by atoms with van der Waals surface area (Å²) >= 11 is 0. The van der Waals surface area contributed by atoms with E-state index in [0.29, 0.717) is 11.3 Å². The van der Waals surface area contributed by atoms with Crippen molar-refractivity contribution in [1.82, 2.24) is 0 Å². The van der Waals surface area contributed by atoms with Gasteiger partial charge in [0, 0.05) is 0 Å². The molecule has 3 aromatic rings. The summed E-state index contributed by atoms with van der Waals surface area (Å²) in [5.41, 5.74) is 2.61. The highest BCUT2D eigenvalue weighted by Gasteiger charge is 2.10. The molecule has 4 nitrogen and oxygen atoms in total. The van der Waals surface area contributed by atoms with Crippen molar-refractivity contribution in [3.05, 3.63) is 91.0 Å². The lowest BCUT2D eigenvalue weighted by molar-refractivity contribution is 0.0734. The largest absolute Gasteiger partial charge is 0.494 e. The van der Waals surface area contributed by atoms with Gasteiger partial charge in [0.25, 0.3) is 0 Å². The standard InChI is InChI=1S/C35H44O4/c1-4-6-8-10-11-13-27-37-32-21-19-30(20-22-32)29-15-17-31(18-16-29)35(36)39-34-25-23-33(24-26-34)38-28(3)14-12-9-7-5-2/h4,15-26,28H,1,5-14,27H2,2-3H3. The zero-order valence-corrected chi connectivity index (χ0v) is 23.7. The predicted molar refractivity (Wildman–Crippen MR) is 161 cm³/mol. The van der Waals surface area contributed by atoms with E-state index in [2.05, 4.69) is 20.4 Å². The van der Waals surface area contributed by atoms with Gasteiger partial charge in [0.2, 0.25) is 0 Å². The fraction of sp³-hybridized carbons (Fsp3) is 0.400. The van der Waals surface area contributed by atoms with Crippen molar-refractivity contribution in [2.45, 2.75) is 84.2 Å². The number of hydrogen-bond acceptors (Lipinski definition) is 4. The Hall–Kier alpha value is -3.53. The van der Waals surface area contributed by atoms with E-state index in [1.165, 1.54) is 44.9 Å². The Kier molecular flexibility index (Phi) is 13.2. The Morgan fingerprint density at radius 2 is 1.33 bits per heavy atom. The van der Waals surface area contributed by atoms with Crippen molar-refractivity contribution >= 4 is 5.97 Å². The normalized spacial score (nSPS) is 11.5. The molecule has 1 atom stereocenters. The van der Waals surface area contributed by atoms with Crippen molar-refractivity contribution in [2.24, 2.45) is 0 Å². The van der Waals surface area contributed by atoms with Gasteiger partial charge in [-0.3, -0.25) is 0 Å². The zero-order valence-electron chi connectivity index (χ0n) is 23.7. The van der Waals surface area contributed by atoms with E-state index >= 15 is 0 Å². The second-order valence-electron chi connectivity index (χ2n) is 10.1. The van der Waals surface area contributed by atoms with E-state index < -0.39 is 0 Å². The minimum absolute atomic E-state index is 0.167. The molecule has 0 aliphatic carbocycles. The number of carbonyl (C=O) groups excluding carboxylic acids is 1.